The van der Waals surface area contributed by atoms with Crippen LogP contribution >= 0.6 is 0 Å². The zero-order chi connectivity index (χ0) is 16.6. The van der Waals surface area contributed by atoms with Crippen LogP contribution in [0, 0.1) is 0 Å². The molecule has 0 unspecified atom stereocenters. The molecule has 0 aliphatic heterocycles. The van der Waals surface area contributed by atoms with Crippen molar-refractivity contribution in [2.24, 2.45) is 0 Å². The quantitative estimate of drug-likeness (QED) is 0.470. The molecule has 2 aromatic carbocycles. The molecule has 0 amide bonds. The maximum absolute atomic E-state index is 2.50. The molecule has 0 nitrogen and oxygen atoms in total. The fourth-order valence-corrected chi connectivity index (χ4v) is 13.2. The van der Waals surface area contributed by atoms with Gasteiger partial charge in [-0.1, -0.05) is 0 Å². The van der Waals surface area contributed by atoms with Crippen molar-refractivity contribution >= 4 is 6.48 Å². The van der Waals surface area contributed by atoms with E-state index in [0.717, 1.165) is 6.42 Å². The Kier molecular flexibility index (Phi) is 7.12. The standard InChI is InChI=1S/C13H9.C6H10.C5H5.2ClH.Zr/c1-3-7-12-10(5-1)9-11-6-2-4-8-13(11)12;1-2-4-6-5-3-1;1-2-4-5-3-1;;;/h1-5,7-8H,9H2;1-5H2;1-3H,4H2;2*1H;/q;;;;;+2/p-2. The molecule has 1 fully saturated rings. The van der Waals surface area contributed by atoms with Gasteiger partial charge in [0.2, 0.25) is 0 Å². The number of hydrogen-bond donors (Lipinski definition) is 0. The first-order chi connectivity index (χ1) is 12.4. The predicted molar refractivity (Wildman–Crippen MR) is 104 cm³/mol. The molecule has 0 spiro atoms. The summed E-state index contributed by atoms with van der Waals surface area (Å²) in [7, 11) is 0. The third kappa shape index (κ3) is 3.89. The molecule has 0 heterocycles. The molecular weight excluding hydrogens is 450 g/mol. The summed E-state index contributed by atoms with van der Waals surface area (Å²) < 4.78 is 5.57. The summed E-state index contributed by atoms with van der Waals surface area (Å²) in [4.78, 5) is 0. The van der Waals surface area contributed by atoms with Crippen LogP contribution in [-0.4, -0.2) is 3.21 Å². The summed E-state index contributed by atoms with van der Waals surface area (Å²) in [6.45, 7) is 0. The number of hydrogen-bond acceptors (Lipinski definition) is 0. The van der Waals surface area contributed by atoms with E-state index in [-0.39, 0.29) is 24.8 Å². The van der Waals surface area contributed by atoms with Gasteiger partial charge < -0.3 is 24.8 Å². The Morgan fingerprint density at radius 1 is 0.778 bits per heavy atom. The van der Waals surface area contributed by atoms with E-state index in [4.69, 9.17) is 0 Å². The van der Waals surface area contributed by atoms with Crippen LogP contribution in [0.15, 0.2) is 64.0 Å². The van der Waals surface area contributed by atoms with Crippen LogP contribution in [0.5, 0.6) is 0 Å². The van der Waals surface area contributed by atoms with Gasteiger partial charge >= 0.3 is 159 Å². The summed E-state index contributed by atoms with van der Waals surface area (Å²) >= 11 is -1.91. The van der Waals surface area contributed by atoms with Crippen molar-refractivity contribution in [3.05, 3.63) is 75.1 Å². The Bertz CT molecular complexity index is 929. The number of fused-ring (bicyclic) bond motifs is 3. The van der Waals surface area contributed by atoms with Gasteiger partial charge in [-0.2, -0.15) is 0 Å². The van der Waals surface area contributed by atoms with E-state index in [0.29, 0.717) is 0 Å². The molecule has 2 aromatic rings. The van der Waals surface area contributed by atoms with E-state index >= 15 is 0 Å². The number of allylic oxidation sites excluding steroid dienone is 4. The molecule has 0 radical (unpaired) electrons. The van der Waals surface area contributed by atoms with Crippen LogP contribution in [0.2, 0.25) is 0 Å². The number of benzene rings is 2. The minimum Gasteiger partial charge on any atom is -1.00 e. The van der Waals surface area contributed by atoms with Crippen molar-refractivity contribution in [2.45, 2.75) is 44.9 Å². The third-order valence-corrected chi connectivity index (χ3v) is 14.0. The molecular formula is C24H24Cl2Zr. The van der Waals surface area contributed by atoms with Gasteiger partial charge in [-0.3, -0.25) is 0 Å². The molecule has 0 N–H and O–H groups in total. The summed E-state index contributed by atoms with van der Waals surface area (Å²) in [5.74, 6) is 0. The molecule has 27 heavy (non-hydrogen) atoms. The molecule has 1 saturated carbocycles. The van der Waals surface area contributed by atoms with Crippen molar-refractivity contribution in [3.63, 3.8) is 0 Å². The maximum Gasteiger partial charge on any atom is -1.00 e. The summed E-state index contributed by atoms with van der Waals surface area (Å²) in [5, 5.41) is 0. The second-order valence-electron chi connectivity index (χ2n) is 7.53. The van der Waals surface area contributed by atoms with Gasteiger partial charge in [-0.15, -0.1) is 0 Å². The summed E-state index contributed by atoms with van der Waals surface area (Å²) in [5.41, 5.74) is 6.20. The topological polar surface area (TPSA) is 0 Å². The zero-order valence-electron chi connectivity index (χ0n) is 15.5. The first-order valence-corrected chi connectivity index (χ1v) is 13.4. The minimum atomic E-state index is -1.91. The van der Waals surface area contributed by atoms with E-state index in [1.165, 1.54) is 55.2 Å². The number of rotatable bonds is 2. The molecule has 0 saturated heterocycles. The van der Waals surface area contributed by atoms with Gasteiger partial charge in [-0.25, -0.2) is 0 Å². The Labute approximate surface area is 182 Å². The van der Waals surface area contributed by atoms with Gasteiger partial charge in [0.1, 0.15) is 0 Å². The first-order valence-electron chi connectivity index (χ1n) is 9.70. The van der Waals surface area contributed by atoms with Crippen molar-refractivity contribution in [3.8, 4) is 11.1 Å². The first kappa shape index (κ1) is 21.0. The molecule has 138 valence electrons. The second-order valence-corrected chi connectivity index (χ2v) is 14.0. The Hall–Kier alpha value is -0.747. The van der Waals surface area contributed by atoms with E-state index in [1.807, 2.05) is 6.49 Å². The zero-order valence-corrected chi connectivity index (χ0v) is 19.4. The van der Waals surface area contributed by atoms with Crippen molar-refractivity contribution < 1.29 is 46.1 Å². The van der Waals surface area contributed by atoms with Gasteiger partial charge in [0.25, 0.3) is 0 Å². The maximum atomic E-state index is 2.50. The summed E-state index contributed by atoms with van der Waals surface area (Å²) in [6, 6.07) is 16.2. The fraction of sp³-hybridized carbons (Fsp3) is 0.292. The van der Waals surface area contributed by atoms with E-state index < -0.39 is 21.3 Å². The molecule has 3 aliphatic rings. The molecule has 3 heteroatoms. The van der Waals surface area contributed by atoms with Gasteiger partial charge in [0.05, 0.1) is 0 Å². The molecule has 0 aromatic heterocycles. The SMILES string of the molecule is C1=CC[C]([Zr+2](=[C]2CCCCC2)[c]2cccc3c2Cc2ccccc2-3)=C1.[Cl-].[Cl-]. The molecule has 3 aliphatic carbocycles. The van der Waals surface area contributed by atoms with E-state index in [1.54, 1.807) is 8.83 Å². The summed E-state index contributed by atoms with van der Waals surface area (Å²) in [6.07, 6.45) is 16.6. The van der Waals surface area contributed by atoms with Crippen LogP contribution in [0.25, 0.3) is 11.1 Å². The van der Waals surface area contributed by atoms with Crippen molar-refractivity contribution in [2.75, 3.05) is 0 Å². The Morgan fingerprint density at radius 2 is 1.56 bits per heavy atom. The van der Waals surface area contributed by atoms with Gasteiger partial charge in [0.15, 0.2) is 0 Å². The van der Waals surface area contributed by atoms with Crippen LogP contribution in [0.4, 0.5) is 0 Å². The van der Waals surface area contributed by atoms with Crippen molar-refractivity contribution in [1.82, 2.24) is 0 Å². The normalized spacial score (nSPS) is 16.4. The van der Waals surface area contributed by atoms with Crippen LogP contribution < -0.4 is 28.1 Å². The predicted octanol–water partition coefficient (Wildman–Crippen LogP) is -0.510. The molecule has 5 rings (SSSR count). The Morgan fingerprint density at radius 3 is 2.33 bits per heavy atom. The minimum absolute atomic E-state index is 0. The van der Waals surface area contributed by atoms with Gasteiger partial charge in [0, 0.05) is 0 Å². The third-order valence-electron chi connectivity index (χ3n) is 6.02. The molecule has 0 bridgehead atoms. The van der Waals surface area contributed by atoms with Crippen molar-refractivity contribution in [1.29, 1.82) is 0 Å². The van der Waals surface area contributed by atoms with Gasteiger partial charge in [-0.05, 0) is 0 Å². The monoisotopic (exact) mass is 472 g/mol. The Balaban J connectivity index is 0.00000105. The molecule has 0 atom stereocenters. The smallest absolute Gasteiger partial charge is 1.00 e. The van der Waals surface area contributed by atoms with E-state index in [2.05, 4.69) is 60.7 Å². The second kappa shape index (κ2) is 9.17. The van der Waals surface area contributed by atoms with E-state index in [9.17, 15) is 0 Å². The van der Waals surface area contributed by atoms with Crippen LogP contribution in [0.1, 0.15) is 49.7 Å². The average molecular weight is 475 g/mol. The fourth-order valence-electron chi connectivity index (χ4n) is 4.84. The largest absolute Gasteiger partial charge is 1.00 e. The number of halogens is 2. The average Bonchev–Trinajstić information content (AvgIpc) is 3.31. The van der Waals surface area contributed by atoms with Crippen LogP contribution in [-0.2, 0) is 27.7 Å². The van der Waals surface area contributed by atoms with Crippen LogP contribution in [0.3, 0.4) is 0 Å².